The molecule has 222 valence electrons. The molecule has 1 saturated carbocycles. The second-order valence-corrected chi connectivity index (χ2v) is 12.5. The molecule has 2 aromatic heterocycles. The summed E-state index contributed by atoms with van der Waals surface area (Å²) in [6.07, 6.45) is 8.88. The number of nitrogens with zero attached hydrogens (tertiary/aromatic N) is 4. The Morgan fingerprint density at radius 3 is 2.50 bits per heavy atom. The van der Waals surface area contributed by atoms with Crippen LogP contribution in [0, 0.1) is 18.7 Å². The third-order valence-electron chi connectivity index (χ3n) is 9.63. The first-order valence-electron chi connectivity index (χ1n) is 15.3. The van der Waals surface area contributed by atoms with Gasteiger partial charge in [0.1, 0.15) is 5.82 Å². The minimum atomic E-state index is -0.494. The van der Waals surface area contributed by atoms with Crippen molar-refractivity contribution in [2.75, 3.05) is 19.6 Å². The van der Waals surface area contributed by atoms with Gasteiger partial charge in [0, 0.05) is 60.0 Å². The van der Waals surface area contributed by atoms with Crippen molar-refractivity contribution in [3.63, 3.8) is 0 Å². The van der Waals surface area contributed by atoms with Crippen molar-refractivity contribution in [3.05, 3.63) is 59.3 Å². The monoisotopic (exact) mass is 573 g/mol. The summed E-state index contributed by atoms with van der Waals surface area (Å²) in [5, 5.41) is 4.32. The van der Waals surface area contributed by atoms with Gasteiger partial charge in [-0.2, -0.15) is 0 Å². The molecule has 0 bridgehead atoms. The Bertz CT molecular complexity index is 1550. The number of carbonyl (C=O) groups is 3. The Morgan fingerprint density at radius 2 is 1.86 bits per heavy atom. The number of piperidine rings is 1. The third-order valence-corrected chi connectivity index (χ3v) is 9.63. The van der Waals surface area contributed by atoms with E-state index in [0.717, 1.165) is 31.1 Å². The second-order valence-electron chi connectivity index (χ2n) is 12.5. The fourth-order valence-corrected chi connectivity index (χ4v) is 7.11. The molecule has 3 fully saturated rings. The number of aromatic nitrogens is 2. The molecule has 0 radical (unpaired) electrons. The van der Waals surface area contributed by atoms with Gasteiger partial charge in [-0.05, 0) is 90.5 Å². The number of halogens is 1. The molecule has 1 aliphatic carbocycles. The van der Waals surface area contributed by atoms with E-state index in [1.807, 2.05) is 43.2 Å². The summed E-state index contributed by atoms with van der Waals surface area (Å²) in [7, 11) is 0. The zero-order valence-corrected chi connectivity index (χ0v) is 25.0. The Labute approximate surface area is 246 Å². The predicted octanol–water partition coefficient (Wildman–Crippen LogP) is 5.05. The average Bonchev–Trinajstić information content (AvgIpc) is 3.51. The van der Waals surface area contributed by atoms with Crippen LogP contribution in [0.15, 0.2) is 36.7 Å². The van der Waals surface area contributed by atoms with Gasteiger partial charge < -0.3 is 19.7 Å². The maximum atomic E-state index is 14.5. The molecule has 3 aliphatic rings. The van der Waals surface area contributed by atoms with Crippen molar-refractivity contribution >= 4 is 28.5 Å². The molecule has 0 unspecified atom stereocenters. The molecule has 42 heavy (non-hydrogen) atoms. The Hall–Kier alpha value is -3.59. The summed E-state index contributed by atoms with van der Waals surface area (Å²) in [5.41, 5.74) is 2.97. The second kappa shape index (κ2) is 10.9. The SMILES string of the molecule is CCN(C(=O)c1cc(F)ccc1-n1c(C)c(C(=O)C2CCN(C(=O)[C@H]3CCC4(CC4)N3)CC2)c2ccncc21)C(C)C. The Morgan fingerprint density at radius 1 is 1.12 bits per heavy atom. The van der Waals surface area contributed by atoms with Gasteiger partial charge in [-0.15, -0.1) is 0 Å². The number of pyridine rings is 1. The fourth-order valence-electron chi connectivity index (χ4n) is 7.11. The third kappa shape index (κ3) is 4.91. The van der Waals surface area contributed by atoms with E-state index in [4.69, 9.17) is 0 Å². The van der Waals surface area contributed by atoms with Crippen molar-refractivity contribution in [1.82, 2.24) is 24.7 Å². The van der Waals surface area contributed by atoms with E-state index in [1.54, 1.807) is 23.4 Å². The fraction of sp³-hybridized carbons (Fsp3) is 0.515. The quantitative estimate of drug-likeness (QED) is 0.400. The minimum Gasteiger partial charge on any atom is -0.341 e. The van der Waals surface area contributed by atoms with Gasteiger partial charge in [-0.25, -0.2) is 4.39 Å². The van der Waals surface area contributed by atoms with Gasteiger partial charge in [-0.3, -0.25) is 19.4 Å². The Balaban J connectivity index is 1.30. The number of carbonyl (C=O) groups excluding carboxylic acids is 3. The van der Waals surface area contributed by atoms with E-state index in [9.17, 15) is 18.8 Å². The van der Waals surface area contributed by atoms with Gasteiger partial charge in [0.25, 0.3) is 5.91 Å². The van der Waals surface area contributed by atoms with Crippen molar-refractivity contribution in [3.8, 4) is 5.69 Å². The summed E-state index contributed by atoms with van der Waals surface area (Å²) in [6.45, 7) is 9.27. The lowest BCUT2D eigenvalue weighted by atomic mass is 9.87. The van der Waals surface area contributed by atoms with Crippen molar-refractivity contribution in [2.45, 2.75) is 83.8 Å². The highest BCUT2D eigenvalue weighted by Crippen LogP contribution is 2.45. The van der Waals surface area contributed by atoms with Gasteiger partial charge in [-0.1, -0.05) is 0 Å². The molecule has 3 aromatic rings. The molecule has 2 amide bonds. The maximum Gasteiger partial charge on any atom is 0.256 e. The van der Waals surface area contributed by atoms with Crippen LogP contribution in [0.3, 0.4) is 0 Å². The largest absolute Gasteiger partial charge is 0.341 e. The first-order valence-corrected chi connectivity index (χ1v) is 15.3. The molecule has 1 N–H and O–H groups in total. The number of amides is 2. The van der Waals surface area contributed by atoms with Crippen LogP contribution in [0.1, 0.15) is 85.7 Å². The van der Waals surface area contributed by atoms with E-state index < -0.39 is 5.82 Å². The number of hydrogen-bond donors (Lipinski definition) is 1. The molecule has 6 rings (SSSR count). The molecule has 1 spiro atoms. The number of ketones is 1. The molecule has 2 aliphatic heterocycles. The number of nitrogens with one attached hydrogen (secondary N) is 1. The van der Waals surface area contributed by atoms with E-state index in [2.05, 4.69) is 10.3 Å². The van der Waals surface area contributed by atoms with Gasteiger partial charge in [0.2, 0.25) is 5.91 Å². The molecule has 1 aromatic carbocycles. The smallest absolute Gasteiger partial charge is 0.256 e. The van der Waals surface area contributed by atoms with Crippen molar-refractivity contribution in [2.24, 2.45) is 5.92 Å². The summed E-state index contributed by atoms with van der Waals surface area (Å²) < 4.78 is 16.4. The molecular weight excluding hydrogens is 533 g/mol. The molecular formula is C33H40FN5O3. The summed E-state index contributed by atoms with van der Waals surface area (Å²) in [4.78, 5) is 48.9. The topological polar surface area (TPSA) is 87.5 Å². The summed E-state index contributed by atoms with van der Waals surface area (Å²) in [5.74, 6) is -0.761. The number of Topliss-reactive ketones (excluding diaryl/α,β-unsaturated/α-hetero) is 1. The summed E-state index contributed by atoms with van der Waals surface area (Å²) in [6, 6.07) is 5.91. The van der Waals surface area contributed by atoms with Crippen LogP contribution in [0.4, 0.5) is 4.39 Å². The molecule has 1 atom stereocenters. The van der Waals surface area contributed by atoms with Crippen LogP contribution in [0.5, 0.6) is 0 Å². The standard InChI is InChI=1S/C33H40FN5O3/c1-5-38(20(2)3)31(41)25-18-23(34)6-7-27(25)39-21(4)29(24-9-15-35-19-28(24)39)30(40)22-10-16-37(17-11-22)32(42)26-8-12-33(36-26)13-14-33/h6-7,9,15,18-20,22,26,36H,5,8,10-14,16-17H2,1-4H3/t26-/m1/s1. The normalized spacial score (nSPS) is 20.0. The number of rotatable bonds is 7. The van der Waals surface area contributed by atoms with Gasteiger partial charge in [0.05, 0.1) is 29.0 Å². The van der Waals surface area contributed by atoms with Crippen LogP contribution >= 0.6 is 0 Å². The summed E-state index contributed by atoms with van der Waals surface area (Å²) >= 11 is 0. The highest BCUT2D eigenvalue weighted by atomic mass is 19.1. The highest BCUT2D eigenvalue weighted by molar-refractivity contribution is 6.11. The van der Waals surface area contributed by atoms with Crippen LogP contribution < -0.4 is 5.32 Å². The lowest BCUT2D eigenvalue weighted by Gasteiger charge is -2.33. The number of benzene rings is 1. The number of likely N-dealkylation sites (tertiary alicyclic amines) is 1. The molecule has 9 heteroatoms. The zero-order valence-electron chi connectivity index (χ0n) is 25.0. The van der Waals surface area contributed by atoms with E-state index >= 15 is 0 Å². The first kappa shape index (κ1) is 28.5. The molecule has 8 nitrogen and oxygen atoms in total. The average molecular weight is 574 g/mol. The zero-order chi connectivity index (χ0) is 29.8. The molecule has 2 saturated heterocycles. The number of hydrogen-bond acceptors (Lipinski definition) is 5. The lowest BCUT2D eigenvalue weighted by molar-refractivity contribution is -0.134. The van der Waals surface area contributed by atoms with E-state index in [1.165, 1.54) is 12.1 Å². The highest BCUT2D eigenvalue weighted by Gasteiger charge is 2.50. The number of fused-ring (bicyclic) bond motifs is 1. The first-order chi connectivity index (χ1) is 20.1. The van der Waals surface area contributed by atoms with E-state index in [0.29, 0.717) is 54.9 Å². The van der Waals surface area contributed by atoms with Crippen LogP contribution in [0.25, 0.3) is 16.6 Å². The van der Waals surface area contributed by atoms with Crippen molar-refractivity contribution < 1.29 is 18.8 Å². The van der Waals surface area contributed by atoms with Crippen molar-refractivity contribution in [1.29, 1.82) is 0 Å². The minimum absolute atomic E-state index is 0.0397. The van der Waals surface area contributed by atoms with E-state index in [-0.39, 0.29) is 46.7 Å². The maximum absolute atomic E-state index is 14.5. The lowest BCUT2D eigenvalue weighted by Crippen LogP contribution is -2.49. The van der Waals surface area contributed by atoms with Crippen LogP contribution in [-0.2, 0) is 4.79 Å². The van der Waals surface area contributed by atoms with Gasteiger partial charge >= 0.3 is 0 Å². The predicted molar refractivity (Wildman–Crippen MR) is 159 cm³/mol. The Kier molecular flexibility index (Phi) is 7.41. The van der Waals surface area contributed by atoms with Crippen LogP contribution in [0.2, 0.25) is 0 Å². The molecule has 4 heterocycles. The van der Waals surface area contributed by atoms with Gasteiger partial charge in [0.15, 0.2) is 5.78 Å². The van der Waals surface area contributed by atoms with Crippen LogP contribution in [-0.4, -0.2) is 74.2 Å².